The van der Waals surface area contributed by atoms with E-state index >= 15 is 0 Å². The van der Waals surface area contributed by atoms with Crippen molar-refractivity contribution in [1.82, 2.24) is 15.1 Å². The lowest BCUT2D eigenvalue weighted by Crippen LogP contribution is -2.34. The van der Waals surface area contributed by atoms with Gasteiger partial charge in [-0.25, -0.2) is 0 Å². The average Bonchev–Trinajstić information content (AvgIpc) is 2.80. The fourth-order valence-electron chi connectivity index (χ4n) is 2.93. The van der Waals surface area contributed by atoms with Crippen LogP contribution in [-0.4, -0.2) is 23.4 Å². The van der Waals surface area contributed by atoms with Crippen LogP contribution in [0.3, 0.4) is 0 Å². The third kappa shape index (κ3) is 2.30. The highest BCUT2D eigenvalue weighted by molar-refractivity contribution is 6.31. The van der Waals surface area contributed by atoms with Gasteiger partial charge < -0.3 is 10.1 Å². The maximum Gasteiger partial charge on any atom is 0.122 e. The molecule has 5 heteroatoms. The fourth-order valence-corrected chi connectivity index (χ4v) is 3.21. The standard InChI is InChI=1S/C15H18ClN3O/c1-17-14(15-12(16)8-18-19(15)2)11-7-10-5-3-4-6-13(10)20-9-11/h3-6,8,11,14,17H,7,9H2,1-2H3. The number of aromatic nitrogens is 2. The topological polar surface area (TPSA) is 39.1 Å². The molecular weight excluding hydrogens is 274 g/mol. The Morgan fingerprint density at radius 2 is 2.25 bits per heavy atom. The molecule has 3 rings (SSSR count). The van der Waals surface area contributed by atoms with Crippen LogP contribution in [0.1, 0.15) is 17.3 Å². The molecule has 20 heavy (non-hydrogen) atoms. The minimum absolute atomic E-state index is 0.128. The number of ether oxygens (including phenoxy) is 1. The molecule has 2 heterocycles. The second-order valence-electron chi connectivity index (χ2n) is 5.15. The molecule has 1 aliphatic rings. The molecule has 0 aliphatic carbocycles. The molecular formula is C15H18ClN3O. The van der Waals surface area contributed by atoms with Gasteiger partial charge in [-0.15, -0.1) is 0 Å². The van der Waals surface area contributed by atoms with Crippen LogP contribution in [0.25, 0.3) is 0 Å². The van der Waals surface area contributed by atoms with Gasteiger partial charge in [-0.05, 0) is 25.1 Å². The van der Waals surface area contributed by atoms with Gasteiger partial charge in [0.1, 0.15) is 5.75 Å². The molecule has 0 spiro atoms. The highest BCUT2D eigenvalue weighted by Crippen LogP contribution is 2.35. The zero-order chi connectivity index (χ0) is 14.1. The van der Waals surface area contributed by atoms with E-state index in [1.807, 2.05) is 30.9 Å². The van der Waals surface area contributed by atoms with Gasteiger partial charge in [0.2, 0.25) is 0 Å². The minimum atomic E-state index is 0.128. The quantitative estimate of drug-likeness (QED) is 0.945. The van der Waals surface area contributed by atoms with Crippen molar-refractivity contribution in [3.8, 4) is 5.75 Å². The maximum atomic E-state index is 6.27. The molecule has 0 bridgehead atoms. The first-order chi connectivity index (χ1) is 9.70. The molecule has 0 saturated carbocycles. The molecule has 1 aromatic heterocycles. The number of aryl methyl sites for hydroxylation is 1. The Balaban J connectivity index is 1.89. The minimum Gasteiger partial charge on any atom is -0.493 e. The maximum absolute atomic E-state index is 6.27. The van der Waals surface area contributed by atoms with Crippen LogP contribution in [0.5, 0.6) is 5.75 Å². The lowest BCUT2D eigenvalue weighted by atomic mass is 9.88. The normalized spacial score (nSPS) is 19.2. The van der Waals surface area contributed by atoms with Crippen LogP contribution in [-0.2, 0) is 13.5 Å². The summed E-state index contributed by atoms with van der Waals surface area (Å²) in [5.74, 6) is 1.33. The van der Waals surface area contributed by atoms with Crippen LogP contribution < -0.4 is 10.1 Å². The lowest BCUT2D eigenvalue weighted by Gasteiger charge is -2.31. The number of rotatable bonds is 3. The summed E-state index contributed by atoms with van der Waals surface area (Å²) in [5, 5.41) is 8.29. The number of benzene rings is 1. The van der Waals surface area contributed by atoms with E-state index in [0.29, 0.717) is 17.5 Å². The van der Waals surface area contributed by atoms with Crippen molar-refractivity contribution < 1.29 is 4.74 Å². The second kappa shape index (κ2) is 5.46. The van der Waals surface area contributed by atoms with Crippen molar-refractivity contribution >= 4 is 11.6 Å². The highest BCUT2D eigenvalue weighted by atomic mass is 35.5. The third-order valence-corrected chi connectivity index (χ3v) is 4.21. The van der Waals surface area contributed by atoms with E-state index < -0.39 is 0 Å². The number of para-hydroxylation sites is 1. The number of nitrogens with one attached hydrogen (secondary N) is 1. The molecule has 0 amide bonds. The molecule has 4 nitrogen and oxygen atoms in total. The molecule has 106 valence electrons. The molecule has 2 unspecified atom stereocenters. The first-order valence-electron chi connectivity index (χ1n) is 6.76. The first kappa shape index (κ1) is 13.5. The van der Waals surface area contributed by atoms with Gasteiger partial charge in [-0.1, -0.05) is 29.8 Å². The molecule has 0 fully saturated rings. The zero-order valence-electron chi connectivity index (χ0n) is 11.6. The Morgan fingerprint density at radius 1 is 1.45 bits per heavy atom. The average molecular weight is 292 g/mol. The summed E-state index contributed by atoms with van der Waals surface area (Å²) in [7, 11) is 3.87. The van der Waals surface area contributed by atoms with Gasteiger partial charge in [0.15, 0.2) is 0 Å². The largest absolute Gasteiger partial charge is 0.493 e. The summed E-state index contributed by atoms with van der Waals surface area (Å²) in [5.41, 5.74) is 2.27. The van der Waals surface area contributed by atoms with E-state index in [1.54, 1.807) is 6.20 Å². The number of hydrogen-bond donors (Lipinski definition) is 1. The monoisotopic (exact) mass is 291 g/mol. The van der Waals surface area contributed by atoms with Crippen LogP contribution >= 0.6 is 11.6 Å². The van der Waals surface area contributed by atoms with Crippen molar-refractivity contribution in [2.24, 2.45) is 13.0 Å². The number of fused-ring (bicyclic) bond motifs is 1. The predicted molar refractivity (Wildman–Crippen MR) is 79.1 cm³/mol. The summed E-state index contributed by atoms with van der Waals surface area (Å²) in [6.07, 6.45) is 2.67. The van der Waals surface area contributed by atoms with Gasteiger partial charge in [0, 0.05) is 13.0 Å². The van der Waals surface area contributed by atoms with E-state index in [4.69, 9.17) is 16.3 Å². The van der Waals surface area contributed by atoms with E-state index in [2.05, 4.69) is 22.5 Å². The van der Waals surface area contributed by atoms with Crippen molar-refractivity contribution in [1.29, 1.82) is 0 Å². The van der Waals surface area contributed by atoms with Gasteiger partial charge in [0.05, 0.1) is 29.6 Å². The van der Waals surface area contributed by atoms with E-state index in [0.717, 1.165) is 17.9 Å². The molecule has 2 aromatic rings. The smallest absolute Gasteiger partial charge is 0.122 e. The second-order valence-corrected chi connectivity index (χ2v) is 5.56. The van der Waals surface area contributed by atoms with Crippen molar-refractivity contribution in [3.63, 3.8) is 0 Å². The van der Waals surface area contributed by atoms with Gasteiger partial charge in [-0.2, -0.15) is 5.10 Å². The van der Waals surface area contributed by atoms with E-state index in [-0.39, 0.29) is 6.04 Å². The summed E-state index contributed by atoms with van der Waals surface area (Å²) in [4.78, 5) is 0. The van der Waals surface area contributed by atoms with E-state index in [9.17, 15) is 0 Å². The predicted octanol–water partition coefficient (Wildman–Crippen LogP) is 2.59. The Labute approximate surface area is 123 Å². The van der Waals surface area contributed by atoms with Crippen LogP contribution in [0.15, 0.2) is 30.5 Å². The number of hydrogen-bond acceptors (Lipinski definition) is 3. The van der Waals surface area contributed by atoms with Gasteiger partial charge in [-0.3, -0.25) is 4.68 Å². The molecule has 1 aromatic carbocycles. The Hall–Kier alpha value is -1.52. The summed E-state index contributed by atoms with van der Waals surface area (Å²) >= 11 is 6.27. The van der Waals surface area contributed by atoms with Crippen LogP contribution in [0.2, 0.25) is 5.02 Å². The van der Waals surface area contributed by atoms with Crippen molar-refractivity contribution in [2.45, 2.75) is 12.5 Å². The van der Waals surface area contributed by atoms with Crippen LogP contribution in [0.4, 0.5) is 0 Å². The summed E-state index contributed by atoms with van der Waals surface area (Å²) in [6.45, 7) is 0.685. The number of nitrogens with zero attached hydrogens (tertiary/aromatic N) is 2. The summed E-state index contributed by atoms with van der Waals surface area (Å²) < 4.78 is 7.72. The molecule has 0 radical (unpaired) electrons. The molecule has 1 aliphatic heterocycles. The zero-order valence-corrected chi connectivity index (χ0v) is 12.4. The molecule has 0 saturated heterocycles. The first-order valence-corrected chi connectivity index (χ1v) is 7.14. The Morgan fingerprint density at radius 3 is 2.95 bits per heavy atom. The van der Waals surface area contributed by atoms with E-state index in [1.165, 1.54) is 5.56 Å². The lowest BCUT2D eigenvalue weighted by molar-refractivity contribution is 0.185. The summed E-state index contributed by atoms with van der Waals surface area (Å²) in [6, 6.07) is 8.34. The third-order valence-electron chi connectivity index (χ3n) is 3.92. The van der Waals surface area contributed by atoms with Crippen LogP contribution in [0, 0.1) is 5.92 Å². The fraction of sp³-hybridized carbons (Fsp3) is 0.400. The van der Waals surface area contributed by atoms with Gasteiger partial charge >= 0.3 is 0 Å². The molecule has 1 N–H and O–H groups in total. The van der Waals surface area contributed by atoms with Crippen molar-refractivity contribution in [3.05, 3.63) is 46.7 Å². The highest BCUT2D eigenvalue weighted by Gasteiger charge is 2.30. The Kier molecular flexibility index (Phi) is 3.68. The number of halogens is 1. The van der Waals surface area contributed by atoms with Crippen molar-refractivity contribution in [2.75, 3.05) is 13.7 Å². The Bertz CT molecular complexity index is 591. The SMILES string of the molecule is CNC(c1c(Cl)cnn1C)C1COc2ccccc2C1. The van der Waals surface area contributed by atoms with Gasteiger partial charge in [0.25, 0.3) is 0 Å². The molecule has 2 atom stereocenters.